The van der Waals surface area contributed by atoms with Crippen molar-refractivity contribution >= 4 is 5.91 Å². The molecule has 0 aromatic heterocycles. The maximum absolute atomic E-state index is 11.2. The Morgan fingerprint density at radius 1 is 1.77 bits per heavy atom. The summed E-state index contributed by atoms with van der Waals surface area (Å²) >= 11 is 0. The molecule has 0 saturated carbocycles. The van der Waals surface area contributed by atoms with E-state index in [0.29, 0.717) is 13.1 Å². The van der Waals surface area contributed by atoms with Crippen LogP contribution < -0.4 is 11.1 Å². The highest BCUT2D eigenvalue weighted by Crippen LogP contribution is 2.05. The van der Waals surface area contributed by atoms with E-state index in [1.165, 1.54) is 0 Å². The highest BCUT2D eigenvalue weighted by atomic mass is 16.2. The zero-order valence-corrected chi connectivity index (χ0v) is 7.62. The molecule has 1 fully saturated rings. The van der Waals surface area contributed by atoms with Gasteiger partial charge in [-0.15, -0.1) is 6.42 Å². The van der Waals surface area contributed by atoms with Crippen LogP contribution in [0, 0.1) is 12.3 Å². The van der Waals surface area contributed by atoms with E-state index in [2.05, 4.69) is 11.2 Å². The second kappa shape index (κ2) is 4.85. The molecule has 1 amide bonds. The zero-order chi connectivity index (χ0) is 9.68. The highest BCUT2D eigenvalue weighted by molar-refractivity contribution is 5.78. The van der Waals surface area contributed by atoms with Crippen LogP contribution in [-0.2, 0) is 4.79 Å². The molecule has 1 rings (SSSR count). The van der Waals surface area contributed by atoms with Crippen LogP contribution in [0.3, 0.4) is 0 Å². The Labute approximate surface area is 78.5 Å². The molecule has 1 saturated heterocycles. The predicted octanol–water partition coefficient (Wildman–Crippen LogP) is -1.23. The fourth-order valence-electron chi connectivity index (χ4n) is 1.41. The van der Waals surface area contributed by atoms with Gasteiger partial charge >= 0.3 is 0 Å². The van der Waals surface area contributed by atoms with Crippen molar-refractivity contribution in [3.05, 3.63) is 0 Å². The summed E-state index contributed by atoms with van der Waals surface area (Å²) in [7, 11) is 0. The first-order chi connectivity index (χ1) is 6.22. The van der Waals surface area contributed by atoms with E-state index < -0.39 is 0 Å². The third-order valence-electron chi connectivity index (χ3n) is 2.06. The number of terminal acetylenes is 1. The lowest BCUT2D eigenvalue weighted by Crippen LogP contribution is -2.37. The van der Waals surface area contributed by atoms with Crippen molar-refractivity contribution < 1.29 is 4.79 Å². The van der Waals surface area contributed by atoms with Crippen LogP contribution in [0.4, 0.5) is 0 Å². The molecule has 4 heteroatoms. The Morgan fingerprint density at radius 3 is 3.08 bits per heavy atom. The van der Waals surface area contributed by atoms with Crippen LogP contribution in [0.5, 0.6) is 0 Å². The quantitative estimate of drug-likeness (QED) is 0.536. The van der Waals surface area contributed by atoms with E-state index in [1.807, 2.05) is 4.90 Å². The third kappa shape index (κ3) is 3.45. The van der Waals surface area contributed by atoms with Gasteiger partial charge in [0.05, 0.1) is 13.1 Å². The van der Waals surface area contributed by atoms with Gasteiger partial charge in [-0.05, 0) is 6.42 Å². The van der Waals surface area contributed by atoms with Crippen molar-refractivity contribution in [2.45, 2.75) is 12.5 Å². The summed E-state index contributed by atoms with van der Waals surface area (Å²) in [5, 5.41) is 2.62. The van der Waals surface area contributed by atoms with Gasteiger partial charge in [0.1, 0.15) is 0 Å². The van der Waals surface area contributed by atoms with E-state index in [0.717, 1.165) is 19.5 Å². The normalized spacial score (nSPS) is 22.6. The van der Waals surface area contributed by atoms with Gasteiger partial charge in [0.25, 0.3) is 0 Å². The van der Waals surface area contributed by atoms with Crippen molar-refractivity contribution in [2.24, 2.45) is 5.73 Å². The van der Waals surface area contributed by atoms with Gasteiger partial charge in [0.15, 0.2) is 0 Å². The van der Waals surface area contributed by atoms with Gasteiger partial charge in [0, 0.05) is 19.1 Å². The summed E-state index contributed by atoms with van der Waals surface area (Å²) in [6.45, 7) is 2.43. The number of carbonyl (C=O) groups excluding carboxylic acids is 1. The SMILES string of the molecule is C#CCNC(=O)CN1CC[C@H](N)C1. The summed E-state index contributed by atoms with van der Waals surface area (Å²) < 4.78 is 0. The number of amides is 1. The van der Waals surface area contributed by atoms with Gasteiger partial charge in [-0.3, -0.25) is 9.69 Å². The number of likely N-dealkylation sites (tertiary alicyclic amines) is 1. The molecule has 0 bridgehead atoms. The number of hydrogen-bond donors (Lipinski definition) is 2. The molecule has 0 aliphatic carbocycles. The molecule has 1 aliphatic heterocycles. The summed E-state index contributed by atoms with van der Waals surface area (Å²) in [6, 6.07) is 0.223. The fraction of sp³-hybridized carbons (Fsp3) is 0.667. The molecule has 1 atom stereocenters. The Hall–Kier alpha value is -1.05. The van der Waals surface area contributed by atoms with Crippen molar-refractivity contribution in [1.82, 2.24) is 10.2 Å². The first-order valence-corrected chi connectivity index (χ1v) is 4.40. The van der Waals surface area contributed by atoms with E-state index in [1.54, 1.807) is 0 Å². The van der Waals surface area contributed by atoms with Crippen LogP contribution in [0.2, 0.25) is 0 Å². The van der Waals surface area contributed by atoms with Crippen LogP contribution >= 0.6 is 0 Å². The summed E-state index contributed by atoms with van der Waals surface area (Å²) in [4.78, 5) is 13.2. The highest BCUT2D eigenvalue weighted by Gasteiger charge is 2.20. The second-order valence-electron chi connectivity index (χ2n) is 3.26. The van der Waals surface area contributed by atoms with Crippen molar-refractivity contribution in [1.29, 1.82) is 0 Å². The van der Waals surface area contributed by atoms with Crippen LogP contribution in [-0.4, -0.2) is 43.0 Å². The first-order valence-electron chi connectivity index (χ1n) is 4.40. The number of hydrogen-bond acceptors (Lipinski definition) is 3. The molecule has 0 aromatic carbocycles. The molecule has 4 nitrogen and oxygen atoms in total. The molecule has 13 heavy (non-hydrogen) atoms. The van der Waals surface area contributed by atoms with Gasteiger partial charge in [-0.25, -0.2) is 0 Å². The van der Waals surface area contributed by atoms with Gasteiger partial charge in [-0.1, -0.05) is 5.92 Å². The number of nitrogens with zero attached hydrogens (tertiary/aromatic N) is 1. The fourth-order valence-corrected chi connectivity index (χ4v) is 1.41. The van der Waals surface area contributed by atoms with E-state index in [9.17, 15) is 4.79 Å². The van der Waals surface area contributed by atoms with Crippen LogP contribution in [0.15, 0.2) is 0 Å². The van der Waals surface area contributed by atoms with Crippen molar-refractivity contribution in [2.75, 3.05) is 26.2 Å². The first kappa shape index (κ1) is 10.0. The summed E-state index contributed by atoms with van der Waals surface area (Å²) in [6.07, 6.45) is 5.98. The van der Waals surface area contributed by atoms with Crippen molar-refractivity contribution in [3.63, 3.8) is 0 Å². The maximum atomic E-state index is 11.2. The number of nitrogens with two attached hydrogens (primary N) is 1. The van der Waals surface area contributed by atoms with Crippen LogP contribution in [0.25, 0.3) is 0 Å². The minimum Gasteiger partial charge on any atom is -0.344 e. The average Bonchev–Trinajstić information content (AvgIpc) is 2.48. The summed E-state index contributed by atoms with van der Waals surface area (Å²) in [5.74, 6) is 2.34. The average molecular weight is 181 g/mol. The Balaban J connectivity index is 2.18. The molecule has 1 aliphatic rings. The summed E-state index contributed by atoms with van der Waals surface area (Å²) in [5.41, 5.74) is 5.70. The van der Waals surface area contributed by atoms with E-state index in [-0.39, 0.29) is 11.9 Å². The lowest BCUT2D eigenvalue weighted by Gasteiger charge is -2.13. The minimum absolute atomic E-state index is 0.0212. The second-order valence-corrected chi connectivity index (χ2v) is 3.26. The molecular formula is C9H15N3O. The van der Waals surface area contributed by atoms with Crippen molar-refractivity contribution in [3.8, 4) is 12.3 Å². The molecular weight excluding hydrogens is 166 g/mol. The monoisotopic (exact) mass is 181 g/mol. The Kier molecular flexibility index (Phi) is 3.74. The lowest BCUT2D eigenvalue weighted by molar-refractivity contribution is -0.121. The molecule has 0 spiro atoms. The minimum atomic E-state index is -0.0212. The molecule has 1 heterocycles. The topological polar surface area (TPSA) is 58.4 Å². The van der Waals surface area contributed by atoms with Gasteiger partial charge in [0.2, 0.25) is 5.91 Å². The smallest absolute Gasteiger partial charge is 0.234 e. The van der Waals surface area contributed by atoms with Crippen LogP contribution in [0.1, 0.15) is 6.42 Å². The maximum Gasteiger partial charge on any atom is 0.234 e. The predicted molar refractivity (Wildman–Crippen MR) is 50.9 cm³/mol. The van der Waals surface area contributed by atoms with Gasteiger partial charge < -0.3 is 11.1 Å². The number of nitrogens with one attached hydrogen (secondary N) is 1. The number of rotatable bonds is 3. The lowest BCUT2D eigenvalue weighted by atomic mass is 10.3. The Morgan fingerprint density at radius 2 is 2.54 bits per heavy atom. The molecule has 0 radical (unpaired) electrons. The molecule has 0 aromatic rings. The molecule has 72 valence electrons. The van der Waals surface area contributed by atoms with E-state index in [4.69, 9.17) is 12.2 Å². The largest absolute Gasteiger partial charge is 0.344 e. The molecule has 3 N–H and O–H groups in total. The van der Waals surface area contributed by atoms with Gasteiger partial charge in [-0.2, -0.15) is 0 Å². The third-order valence-corrected chi connectivity index (χ3v) is 2.06. The standard InChI is InChI=1S/C9H15N3O/c1-2-4-11-9(13)7-12-5-3-8(10)6-12/h1,8H,3-7,10H2,(H,11,13)/t8-/m0/s1. The Bertz CT molecular complexity index is 221. The van der Waals surface area contributed by atoms with E-state index >= 15 is 0 Å². The zero-order valence-electron chi connectivity index (χ0n) is 7.62. The number of carbonyl (C=O) groups is 1. The molecule has 0 unspecified atom stereocenters.